The van der Waals surface area contributed by atoms with Gasteiger partial charge < -0.3 is 19.1 Å². The minimum atomic E-state index is -3.68. The van der Waals surface area contributed by atoms with Gasteiger partial charge in [0, 0.05) is 18.7 Å². The zero-order valence-corrected chi connectivity index (χ0v) is 19.0. The van der Waals surface area contributed by atoms with Gasteiger partial charge in [-0.05, 0) is 49.6 Å². The van der Waals surface area contributed by atoms with Crippen LogP contribution in [0.2, 0.25) is 0 Å². The molecule has 1 aliphatic rings. The molecule has 0 aromatic heterocycles. The molecule has 0 radical (unpaired) electrons. The summed E-state index contributed by atoms with van der Waals surface area (Å²) in [6.45, 7) is 7.33. The van der Waals surface area contributed by atoms with Crippen LogP contribution in [0, 0.1) is 5.92 Å². The van der Waals surface area contributed by atoms with Crippen LogP contribution >= 0.6 is 0 Å². The quantitative estimate of drug-likeness (QED) is 0.697. The molecule has 0 unspecified atom stereocenters. The summed E-state index contributed by atoms with van der Waals surface area (Å²) in [5.41, 5.74) is 2.55. The molecular formula is C22H28N2O5S. The highest BCUT2D eigenvalue weighted by Crippen LogP contribution is 2.40. The summed E-state index contributed by atoms with van der Waals surface area (Å²) in [4.78, 5) is 14.2. The van der Waals surface area contributed by atoms with Gasteiger partial charge in [0.25, 0.3) is 5.91 Å². The molecule has 1 aliphatic heterocycles. The average molecular weight is 433 g/mol. The fraction of sp³-hybridized carbons (Fsp3) is 0.409. The van der Waals surface area contributed by atoms with Crippen LogP contribution in [-0.2, 0) is 14.9 Å². The van der Waals surface area contributed by atoms with Gasteiger partial charge in [-0.2, -0.15) is 8.42 Å². The van der Waals surface area contributed by atoms with Gasteiger partial charge in [0.05, 0.1) is 24.2 Å². The van der Waals surface area contributed by atoms with Gasteiger partial charge in [0.2, 0.25) is 0 Å². The molecular weight excluding hydrogens is 404 g/mol. The van der Waals surface area contributed by atoms with E-state index in [-0.39, 0.29) is 23.3 Å². The van der Waals surface area contributed by atoms with E-state index in [0.717, 1.165) is 22.5 Å². The Kier molecular flexibility index (Phi) is 5.73. The number of ether oxygens (including phenoxy) is 1. The van der Waals surface area contributed by atoms with E-state index in [1.165, 1.54) is 7.11 Å². The first kappa shape index (κ1) is 22.0. The van der Waals surface area contributed by atoms with E-state index in [9.17, 15) is 13.2 Å². The van der Waals surface area contributed by atoms with E-state index < -0.39 is 15.7 Å². The van der Waals surface area contributed by atoms with Gasteiger partial charge in [-0.1, -0.05) is 19.9 Å². The van der Waals surface area contributed by atoms with Crippen LogP contribution in [0.25, 0.3) is 11.1 Å². The third-order valence-corrected chi connectivity index (χ3v) is 6.41. The van der Waals surface area contributed by atoms with Gasteiger partial charge in [-0.15, -0.1) is 0 Å². The first-order valence-electron chi connectivity index (χ1n) is 9.74. The summed E-state index contributed by atoms with van der Waals surface area (Å²) in [7, 11) is -0.412. The van der Waals surface area contributed by atoms with Crippen LogP contribution in [0.1, 0.15) is 27.7 Å². The molecule has 0 saturated heterocycles. The van der Waals surface area contributed by atoms with Gasteiger partial charge in [0.1, 0.15) is 17.0 Å². The largest absolute Gasteiger partial charge is 0.496 e. The van der Waals surface area contributed by atoms with Crippen LogP contribution in [-0.4, -0.2) is 39.8 Å². The topological polar surface area (TPSA) is 84.9 Å². The van der Waals surface area contributed by atoms with Gasteiger partial charge in [-0.25, -0.2) is 0 Å². The number of carbonyl (C=O) groups excluding carboxylic acids is 1. The predicted octanol–water partition coefficient (Wildman–Crippen LogP) is 3.89. The number of anilines is 2. The van der Waals surface area contributed by atoms with E-state index in [4.69, 9.17) is 8.92 Å². The van der Waals surface area contributed by atoms with Gasteiger partial charge >= 0.3 is 10.1 Å². The van der Waals surface area contributed by atoms with Crippen molar-refractivity contribution in [2.75, 3.05) is 30.1 Å². The molecule has 162 valence electrons. The molecule has 0 aliphatic carbocycles. The van der Waals surface area contributed by atoms with Crippen molar-refractivity contribution in [3.8, 4) is 22.6 Å². The lowest BCUT2D eigenvalue weighted by atomic mass is 9.96. The average Bonchev–Trinajstić information content (AvgIpc) is 2.64. The molecule has 1 N–H and O–H groups in total. The molecule has 1 heterocycles. The van der Waals surface area contributed by atoms with Crippen molar-refractivity contribution in [3.63, 3.8) is 0 Å². The third kappa shape index (κ3) is 4.38. The Morgan fingerprint density at radius 2 is 1.83 bits per heavy atom. The number of likely N-dealkylation sites (N-methyl/N-ethyl adjacent to an activating group) is 1. The molecule has 0 spiro atoms. The lowest BCUT2D eigenvalue weighted by Gasteiger charge is -2.38. The predicted molar refractivity (Wildman–Crippen MR) is 119 cm³/mol. The van der Waals surface area contributed by atoms with Crippen molar-refractivity contribution in [1.29, 1.82) is 0 Å². The van der Waals surface area contributed by atoms with Crippen molar-refractivity contribution in [3.05, 3.63) is 36.4 Å². The lowest BCUT2D eigenvalue weighted by Crippen LogP contribution is -2.52. The van der Waals surface area contributed by atoms with Crippen LogP contribution < -0.4 is 19.1 Å². The summed E-state index contributed by atoms with van der Waals surface area (Å²) in [6.07, 6.45) is 0. The standard InChI is InChI=1S/C22H28N2O5S/c1-14(2)13-30(26,27)29-16-8-9-17(20(12-16)28-6)15-7-10-18-19(11-15)24(5)21(25)22(3,4)23-18/h7-12,14,23H,13H2,1-6H3. The number of nitrogens with zero attached hydrogens (tertiary/aromatic N) is 1. The van der Waals surface area contributed by atoms with E-state index >= 15 is 0 Å². The number of carbonyl (C=O) groups is 1. The Labute approximate surface area is 178 Å². The molecule has 3 rings (SSSR count). The number of rotatable bonds is 6. The highest BCUT2D eigenvalue weighted by atomic mass is 32.2. The van der Waals surface area contributed by atoms with E-state index in [1.807, 2.05) is 45.9 Å². The second-order valence-electron chi connectivity index (χ2n) is 8.41. The molecule has 2 aromatic rings. The number of amides is 1. The lowest BCUT2D eigenvalue weighted by molar-refractivity contribution is -0.121. The van der Waals surface area contributed by atoms with Crippen molar-refractivity contribution in [2.45, 2.75) is 33.2 Å². The fourth-order valence-corrected chi connectivity index (χ4v) is 4.83. The van der Waals surface area contributed by atoms with Crippen LogP contribution in [0.15, 0.2) is 36.4 Å². The van der Waals surface area contributed by atoms with Crippen molar-refractivity contribution in [2.24, 2.45) is 5.92 Å². The SMILES string of the molecule is COc1cc(OS(=O)(=O)CC(C)C)ccc1-c1ccc2c(c1)N(C)C(=O)C(C)(C)N2. The number of benzene rings is 2. The minimum absolute atomic E-state index is 0.0294. The molecule has 0 saturated carbocycles. The Morgan fingerprint density at radius 1 is 1.13 bits per heavy atom. The molecule has 1 amide bonds. The number of hydrogen-bond donors (Lipinski definition) is 1. The Bertz CT molecular complexity index is 1080. The van der Waals surface area contributed by atoms with Gasteiger partial charge in [0.15, 0.2) is 0 Å². The number of methoxy groups -OCH3 is 1. The zero-order chi connectivity index (χ0) is 22.3. The first-order valence-corrected chi connectivity index (χ1v) is 11.3. The number of nitrogens with one attached hydrogen (secondary N) is 1. The first-order chi connectivity index (χ1) is 13.9. The Hall–Kier alpha value is -2.74. The van der Waals surface area contributed by atoms with E-state index in [2.05, 4.69) is 5.32 Å². The maximum Gasteiger partial charge on any atom is 0.309 e. The van der Waals surface area contributed by atoms with Crippen molar-refractivity contribution in [1.82, 2.24) is 0 Å². The van der Waals surface area contributed by atoms with Gasteiger partial charge in [-0.3, -0.25) is 4.79 Å². The summed E-state index contributed by atoms with van der Waals surface area (Å²) in [5.74, 6) is 0.546. The van der Waals surface area contributed by atoms with Crippen molar-refractivity contribution < 1.29 is 22.1 Å². The van der Waals surface area contributed by atoms with Crippen molar-refractivity contribution >= 4 is 27.4 Å². The molecule has 7 nitrogen and oxygen atoms in total. The van der Waals surface area contributed by atoms with Crippen LogP contribution in [0.4, 0.5) is 11.4 Å². The summed E-state index contributed by atoms with van der Waals surface area (Å²) >= 11 is 0. The monoisotopic (exact) mass is 432 g/mol. The second kappa shape index (κ2) is 7.83. The maximum atomic E-state index is 12.6. The zero-order valence-electron chi connectivity index (χ0n) is 18.1. The maximum absolute atomic E-state index is 12.6. The highest BCUT2D eigenvalue weighted by Gasteiger charge is 2.36. The Morgan fingerprint density at radius 3 is 2.47 bits per heavy atom. The second-order valence-corrected chi connectivity index (χ2v) is 10.0. The minimum Gasteiger partial charge on any atom is -0.496 e. The smallest absolute Gasteiger partial charge is 0.309 e. The van der Waals surface area contributed by atoms with Crippen LogP contribution in [0.3, 0.4) is 0 Å². The third-order valence-electron chi connectivity index (χ3n) is 4.89. The molecule has 0 bridgehead atoms. The highest BCUT2D eigenvalue weighted by molar-refractivity contribution is 7.87. The van der Waals surface area contributed by atoms with Crippen LogP contribution in [0.5, 0.6) is 11.5 Å². The summed E-state index contributed by atoms with van der Waals surface area (Å²) in [6, 6.07) is 10.7. The molecule has 0 fully saturated rings. The van der Waals surface area contributed by atoms with E-state index in [1.54, 1.807) is 30.1 Å². The summed E-state index contributed by atoms with van der Waals surface area (Å²) in [5, 5.41) is 3.26. The fourth-order valence-electron chi connectivity index (χ4n) is 3.55. The molecule has 8 heteroatoms. The number of fused-ring (bicyclic) bond motifs is 1. The molecule has 30 heavy (non-hydrogen) atoms. The molecule has 0 atom stereocenters. The normalized spacial score (nSPS) is 15.6. The molecule has 2 aromatic carbocycles. The summed E-state index contributed by atoms with van der Waals surface area (Å²) < 4.78 is 35.0. The number of hydrogen-bond acceptors (Lipinski definition) is 6. The Balaban J connectivity index is 1.96. The van der Waals surface area contributed by atoms with E-state index in [0.29, 0.717) is 5.75 Å².